The monoisotopic (exact) mass is 297 g/mol. The molecule has 1 aliphatic rings. The summed E-state index contributed by atoms with van der Waals surface area (Å²) < 4.78 is 6.57. The van der Waals surface area contributed by atoms with Crippen LogP contribution in [0.5, 0.6) is 0 Å². The molecular formula is C19H39NO. The van der Waals surface area contributed by atoms with Crippen molar-refractivity contribution in [1.29, 1.82) is 0 Å². The summed E-state index contributed by atoms with van der Waals surface area (Å²) in [5.74, 6) is 0.842. The molecule has 0 heterocycles. The van der Waals surface area contributed by atoms with Crippen LogP contribution in [-0.4, -0.2) is 24.3 Å². The fraction of sp³-hybridized carbons (Fsp3) is 1.00. The highest BCUT2D eigenvalue weighted by Gasteiger charge is 2.40. The van der Waals surface area contributed by atoms with Crippen LogP contribution in [0.1, 0.15) is 87.0 Å². The fourth-order valence-electron chi connectivity index (χ4n) is 3.63. The van der Waals surface area contributed by atoms with Crippen molar-refractivity contribution < 1.29 is 4.74 Å². The van der Waals surface area contributed by atoms with E-state index in [1.54, 1.807) is 0 Å². The van der Waals surface area contributed by atoms with E-state index < -0.39 is 0 Å². The Labute approximate surface area is 133 Å². The molecule has 2 nitrogen and oxygen atoms in total. The summed E-state index contributed by atoms with van der Waals surface area (Å²) in [7, 11) is 0. The fourth-order valence-corrected chi connectivity index (χ4v) is 3.63. The second-order valence-electron chi connectivity index (χ2n) is 8.58. The molecule has 126 valence electrons. The van der Waals surface area contributed by atoms with Gasteiger partial charge in [0, 0.05) is 12.6 Å². The average Bonchev–Trinajstić information content (AvgIpc) is 2.36. The Hall–Kier alpha value is -0.0800. The molecule has 1 aliphatic carbocycles. The minimum Gasteiger partial charge on any atom is -0.371 e. The lowest BCUT2D eigenvalue weighted by Gasteiger charge is -2.45. The van der Waals surface area contributed by atoms with Crippen molar-refractivity contribution in [1.82, 2.24) is 5.32 Å². The topological polar surface area (TPSA) is 21.3 Å². The van der Waals surface area contributed by atoms with Gasteiger partial charge in [0.25, 0.3) is 0 Å². The first kappa shape index (κ1) is 19.0. The molecule has 0 radical (unpaired) electrons. The largest absolute Gasteiger partial charge is 0.371 e. The zero-order chi connectivity index (χ0) is 16.1. The first-order chi connectivity index (χ1) is 9.68. The SMILES string of the molecule is CCCC(C)OC1(CNC(C)C)CCC(C(C)(C)C)CC1. The highest BCUT2D eigenvalue weighted by Crippen LogP contribution is 2.43. The van der Waals surface area contributed by atoms with Crippen LogP contribution in [0.15, 0.2) is 0 Å². The zero-order valence-corrected chi connectivity index (χ0v) is 15.6. The first-order valence-electron chi connectivity index (χ1n) is 9.10. The van der Waals surface area contributed by atoms with Gasteiger partial charge in [-0.15, -0.1) is 0 Å². The number of ether oxygens (including phenoxy) is 1. The van der Waals surface area contributed by atoms with Gasteiger partial charge in [-0.25, -0.2) is 0 Å². The Morgan fingerprint density at radius 1 is 1.14 bits per heavy atom. The summed E-state index contributed by atoms with van der Waals surface area (Å²) in [6, 6.07) is 0.535. The van der Waals surface area contributed by atoms with Crippen LogP contribution in [0.3, 0.4) is 0 Å². The van der Waals surface area contributed by atoms with Crippen molar-refractivity contribution >= 4 is 0 Å². The molecule has 1 saturated carbocycles. The van der Waals surface area contributed by atoms with Crippen LogP contribution < -0.4 is 5.32 Å². The molecule has 1 N–H and O–H groups in total. The molecule has 2 heteroatoms. The highest BCUT2D eigenvalue weighted by molar-refractivity contribution is 4.93. The van der Waals surface area contributed by atoms with E-state index in [1.807, 2.05) is 0 Å². The number of hydrogen-bond acceptors (Lipinski definition) is 2. The lowest BCUT2D eigenvalue weighted by molar-refractivity contribution is -0.120. The van der Waals surface area contributed by atoms with E-state index in [9.17, 15) is 0 Å². The van der Waals surface area contributed by atoms with Gasteiger partial charge in [-0.2, -0.15) is 0 Å². The molecule has 0 amide bonds. The van der Waals surface area contributed by atoms with E-state index in [1.165, 1.54) is 38.5 Å². The predicted molar refractivity (Wildman–Crippen MR) is 92.7 cm³/mol. The molecule has 1 atom stereocenters. The molecule has 0 spiro atoms. The van der Waals surface area contributed by atoms with Crippen LogP contribution in [-0.2, 0) is 4.74 Å². The molecule has 1 rings (SSSR count). The van der Waals surface area contributed by atoms with E-state index in [0.717, 1.165) is 12.5 Å². The first-order valence-corrected chi connectivity index (χ1v) is 9.10. The number of hydrogen-bond donors (Lipinski definition) is 1. The van der Waals surface area contributed by atoms with Crippen LogP contribution in [0.4, 0.5) is 0 Å². The highest BCUT2D eigenvalue weighted by atomic mass is 16.5. The van der Waals surface area contributed by atoms with E-state index in [2.05, 4.69) is 53.8 Å². The molecule has 0 saturated heterocycles. The minimum atomic E-state index is 0.0700. The number of rotatable bonds is 7. The Balaban J connectivity index is 2.66. The normalized spacial score (nSPS) is 28.9. The summed E-state index contributed by atoms with van der Waals surface area (Å²) in [5.41, 5.74) is 0.507. The van der Waals surface area contributed by atoms with Gasteiger partial charge in [0.15, 0.2) is 0 Å². The molecule has 21 heavy (non-hydrogen) atoms. The van der Waals surface area contributed by atoms with Crippen LogP contribution in [0.2, 0.25) is 0 Å². The minimum absolute atomic E-state index is 0.0700. The van der Waals surface area contributed by atoms with Crippen molar-refractivity contribution in [3.63, 3.8) is 0 Å². The molecule has 1 unspecified atom stereocenters. The second-order valence-corrected chi connectivity index (χ2v) is 8.58. The Bertz CT molecular complexity index is 284. The molecule has 0 bridgehead atoms. The van der Waals surface area contributed by atoms with Gasteiger partial charge in [-0.3, -0.25) is 0 Å². The average molecular weight is 298 g/mol. The van der Waals surface area contributed by atoms with Gasteiger partial charge in [-0.05, 0) is 50.4 Å². The lowest BCUT2D eigenvalue weighted by atomic mass is 9.68. The van der Waals surface area contributed by atoms with Crippen LogP contribution in [0.25, 0.3) is 0 Å². The van der Waals surface area contributed by atoms with E-state index in [-0.39, 0.29) is 5.60 Å². The molecular weight excluding hydrogens is 258 g/mol. The summed E-state index contributed by atoms with van der Waals surface area (Å²) in [5, 5.41) is 3.63. The number of nitrogens with one attached hydrogen (secondary N) is 1. The quantitative estimate of drug-likeness (QED) is 0.700. The lowest BCUT2D eigenvalue weighted by Crippen LogP contribution is -2.50. The van der Waals surface area contributed by atoms with Crippen molar-refractivity contribution in [2.24, 2.45) is 11.3 Å². The summed E-state index contributed by atoms with van der Waals surface area (Å²) in [6.45, 7) is 17.1. The summed E-state index contributed by atoms with van der Waals surface area (Å²) in [4.78, 5) is 0. The predicted octanol–water partition coefficient (Wildman–Crippen LogP) is 5.16. The van der Waals surface area contributed by atoms with Crippen molar-refractivity contribution in [2.45, 2.75) is 105 Å². The van der Waals surface area contributed by atoms with E-state index >= 15 is 0 Å². The molecule has 0 aliphatic heterocycles. The molecule has 0 aromatic heterocycles. The van der Waals surface area contributed by atoms with Crippen LogP contribution >= 0.6 is 0 Å². The van der Waals surface area contributed by atoms with Gasteiger partial charge in [0.1, 0.15) is 0 Å². The van der Waals surface area contributed by atoms with Crippen molar-refractivity contribution in [2.75, 3.05) is 6.54 Å². The van der Waals surface area contributed by atoms with Gasteiger partial charge in [0.2, 0.25) is 0 Å². The Kier molecular flexibility index (Phi) is 7.19. The second kappa shape index (κ2) is 7.97. The Morgan fingerprint density at radius 3 is 2.14 bits per heavy atom. The maximum atomic E-state index is 6.57. The van der Waals surface area contributed by atoms with Gasteiger partial charge >= 0.3 is 0 Å². The van der Waals surface area contributed by atoms with Crippen molar-refractivity contribution in [3.8, 4) is 0 Å². The maximum Gasteiger partial charge on any atom is 0.0810 e. The van der Waals surface area contributed by atoms with Gasteiger partial charge < -0.3 is 10.1 Å². The molecule has 0 aromatic rings. The third-order valence-corrected chi connectivity index (χ3v) is 5.10. The van der Waals surface area contributed by atoms with Crippen molar-refractivity contribution in [3.05, 3.63) is 0 Å². The van der Waals surface area contributed by atoms with Crippen LogP contribution in [0, 0.1) is 11.3 Å². The maximum absolute atomic E-state index is 6.57. The van der Waals surface area contributed by atoms with Gasteiger partial charge in [0.05, 0.1) is 11.7 Å². The van der Waals surface area contributed by atoms with Gasteiger partial charge in [-0.1, -0.05) is 48.0 Å². The smallest absolute Gasteiger partial charge is 0.0810 e. The standard InChI is InChI=1S/C19H39NO/c1-8-9-16(4)21-19(14-20-15(2)3)12-10-17(11-13-19)18(5,6)7/h15-17,20H,8-14H2,1-7H3. The molecule has 1 fully saturated rings. The zero-order valence-electron chi connectivity index (χ0n) is 15.6. The third-order valence-electron chi connectivity index (χ3n) is 5.10. The molecule has 0 aromatic carbocycles. The van der Waals surface area contributed by atoms with E-state index in [0.29, 0.717) is 17.6 Å². The summed E-state index contributed by atoms with van der Waals surface area (Å²) in [6.07, 6.45) is 7.80. The third kappa shape index (κ3) is 6.28. The Morgan fingerprint density at radius 2 is 1.71 bits per heavy atom. The summed E-state index contributed by atoms with van der Waals surface area (Å²) >= 11 is 0. The van der Waals surface area contributed by atoms with E-state index in [4.69, 9.17) is 4.74 Å².